The monoisotopic (exact) mass is 274 g/mol. The molecular formula is C11H14O4S2. The molecule has 1 heterocycles. The van der Waals surface area contributed by atoms with E-state index in [0.717, 1.165) is 11.8 Å². The van der Waals surface area contributed by atoms with Gasteiger partial charge in [0.2, 0.25) is 0 Å². The Kier molecular flexibility index (Phi) is 5.32. The zero-order chi connectivity index (χ0) is 13.0. The Morgan fingerprint density at radius 3 is 2.53 bits per heavy atom. The number of thioether (sulfide) groups is 1. The quantitative estimate of drug-likeness (QED) is 0.798. The zero-order valence-electron chi connectivity index (χ0n) is 9.54. The molecule has 0 fully saturated rings. The van der Waals surface area contributed by atoms with Crippen molar-refractivity contribution in [3.8, 4) is 0 Å². The van der Waals surface area contributed by atoms with E-state index in [1.54, 1.807) is 11.4 Å². The molecular weight excluding hydrogens is 260 g/mol. The van der Waals surface area contributed by atoms with Crippen molar-refractivity contribution in [2.45, 2.75) is 26.1 Å². The lowest BCUT2D eigenvalue weighted by Gasteiger charge is -2.15. The number of hydrogen-bond acceptors (Lipinski definition) is 6. The van der Waals surface area contributed by atoms with E-state index >= 15 is 0 Å². The van der Waals surface area contributed by atoms with E-state index in [-0.39, 0.29) is 16.7 Å². The summed E-state index contributed by atoms with van der Waals surface area (Å²) in [7, 11) is 0. The third-order valence-corrected chi connectivity index (χ3v) is 4.09. The van der Waals surface area contributed by atoms with Gasteiger partial charge in [-0.2, -0.15) is 0 Å². The number of thiophene rings is 1. The van der Waals surface area contributed by atoms with Gasteiger partial charge in [-0.1, -0.05) is 11.8 Å². The molecule has 0 bridgehead atoms. The van der Waals surface area contributed by atoms with E-state index < -0.39 is 12.2 Å². The molecule has 0 spiro atoms. The van der Waals surface area contributed by atoms with E-state index in [4.69, 9.17) is 0 Å². The molecule has 2 atom stereocenters. The van der Waals surface area contributed by atoms with Gasteiger partial charge in [0.1, 0.15) is 6.10 Å². The van der Waals surface area contributed by atoms with Crippen molar-refractivity contribution in [3.05, 3.63) is 21.9 Å². The van der Waals surface area contributed by atoms with Crippen molar-refractivity contribution < 1.29 is 19.8 Å². The van der Waals surface area contributed by atoms with Crippen LogP contribution in [0.3, 0.4) is 0 Å². The third kappa shape index (κ3) is 4.23. The molecule has 0 radical (unpaired) electrons. The van der Waals surface area contributed by atoms with Gasteiger partial charge in [-0.25, -0.2) is 0 Å². The van der Waals surface area contributed by atoms with Gasteiger partial charge >= 0.3 is 0 Å². The van der Waals surface area contributed by atoms with Gasteiger partial charge in [-0.15, -0.1) is 11.3 Å². The van der Waals surface area contributed by atoms with Crippen molar-refractivity contribution in [1.82, 2.24) is 0 Å². The van der Waals surface area contributed by atoms with Crippen molar-refractivity contribution in [2.75, 3.05) is 5.75 Å². The van der Waals surface area contributed by atoms with Crippen LogP contribution in [0.15, 0.2) is 11.4 Å². The molecule has 0 aromatic carbocycles. The fourth-order valence-electron chi connectivity index (χ4n) is 1.21. The molecule has 0 saturated carbocycles. The Morgan fingerprint density at radius 1 is 1.41 bits per heavy atom. The molecule has 17 heavy (non-hydrogen) atoms. The van der Waals surface area contributed by atoms with Gasteiger partial charge in [-0.05, 0) is 23.9 Å². The van der Waals surface area contributed by atoms with E-state index in [0.29, 0.717) is 10.4 Å². The second kappa shape index (κ2) is 6.30. The second-order valence-electron chi connectivity index (χ2n) is 3.62. The Hall–Kier alpha value is -0.690. The number of carbonyl (C=O) groups is 2. The Balaban J connectivity index is 2.64. The summed E-state index contributed by atoms with van der Waals surface area (Å²) >= 11 is 2.20. The van der Waals surface area contributed by atoms with Crippen molar-refractivity contribution in [3.63, 3.8) is 0 Å². The van der Waals surface area contributed by atoms with Crippen LogP contribution in [0, 0.1) is 0 Å². The van der Waals surface area contributed by atoms with Gasteiger partial charge in [-0.3, -0.25) is 9.59 Å². The first-order valence-electron chi connectivity index (χ1n) is 5.00. The highest BCUT2D eigenvalue weighted by atomic mass is 32.2. The molecule has 1 aromatic heterocycles. The maximum atomic E-state index is 11.1. The molecule has 0 aliphatic heterocycles. The molecule has 2 unspecified atom stereocenters. The molecule has 6 heteroatoms. The molecule has 0 saturated heterocycles. The summed E-state index contributed by atoms with van der Waals surface area (Å²) in [6.45, 7) is 2.85. The summed E-state index contributed by atoms with van der Waals surface area (Å²) in [4.78, 5) is 22.4. The van der Waals surface area contributed by atoms with E-state index in [9.17, 15) is 19.8 Å². The second-order valence-corrected chi connectivity index (χ2v) is 5.72. The van der Waals surface area contributed by atoms with Crippen molar-refractivity contribution >= 4 is 34.0 Å². The lowest BCUT2D eigenvalue weighted by molar-refractivity contribution is -0.109. The standard InChI is InChI=1S/C11H14O4S2/c1-6(12)10-3-8(4-17-10)11(15)9(14)5-16-7(2)13/h3-4,9,11,14-15H,5H2,1-2H3. The first kappa shape index (κ1) is 14.4. The highest BCUT2D eigenvalue weighted by Gasteiger charge is 2.20. The average Bonchev–Trinajstić information content (AvgIpc) is 2.73. The number of aliphatic hydroxyl groups is 2. The van der Waals surface area contributed by atoms with Crippen LogP contribution >= 0.6 is 23.1 Å². The SMILES string of the molecule is CC(=O)SCC(O)C(O)c1csc(C(C)=O)c1. The largest absolute Gasteiger partial charge is 0.389 e. The zero-order valence-corrected chi connectivity index (χ0v) is 11.2. The van der Waals surface area contributed by atoms with Gasteiger partial charge < -0.3 is 10.2 Å². The lowest BCUT2D eigenvalue weighted by atomic mass is 10.1. The molecule has 1 aromatic rings. The molecule has 2 N–H and O–H groups in total. The predicted molar refractivity (Wildman–Crippen MR) is 68.4 cm³/mol. The van der Waals surface area contributed by atoms with Crippen molar-refractivity contribution in [2.24, 2.45) is 0 Å². The molecule has 4 nitrogen and oxygen atoms in total. The first-order valence-corrected chi connectivity index (χ1v) is 6.87. The number of carbonyl (C=O) groups excluding carboxylic acids is 2. The average molecular weight is 274 g/mol. The number of Topliss-reactive ketones (excluding diaryl/α,β-unsaturated/α-hetero) is 1. The van der Waals surface area contributed by atoms with Crippen LogP contribution < -0.4 is 0 Å². The maximum Gasteiger partial charge on any atom is 0.185 e. The number of hydrogen-bond donors (Lipinski definition) is 2. The van der Waals surface area contributed by atoms with Gasteiger partial charge in [0.05, 0.1) is 11.0 Å². The van der Waals surface area contributed by atoms with E-state index in [1.165, 1.54) is 25.2 Å². The third-order valence-electron chi connectivity index (χ3n) is 2.13. The van der Waals surface area contributed by atoms with Gasteiger partial charge in [0.15, 0.2) is 10.9 Å². The topological polar surface area (TPSA) is 74.6 Å². The Labute approximate surface area is 108 Å². The minimum absolute atomic E-state index is 0.0685. The van der Waals surface area contributed by atoms with Crippen molar-refractivity contribution in [1.29, 1.82) is 0 Å². The Morgan fingerprint density at radius 2 is 2.06 bits per heavy atom. The maximum absolute atomic E-state index is 11.1. The molecule has 0 amide bonds. The molecule has 0 aliphatic rings. The summed E-state index contributed by atoms with van der Waals surface area (Å²) in [5.74, 6) is 0.0722. The summed E-state index contributed by atoms with van der Waals surface area (Å²) in [5, 5.41) is 21.0. The fraction of sp³-hybridized carbons (Fsp3) is 0.455. The van der Waals surface area contributed by atoms with Crippen LogP contribution in [0.4, 0.5) is 0 Å². The van der Waals surface area contributed by atoms with Crippen LogP contribution in [0.2, 0.25) is 0 Å². The number of aliphatic hydroxyl groups excluding tert-OH is 2. The fourth-order valence-corrected chi connectivity index (χ4v) is 2.64. The smallest absolute Gasteiger partial charge is 0.185 e. The van der Waals surface area contributed by atoms with Gasteiger partial charge in [0.25, 0.3) is 0 Å². The highest BCUT2D eigenvalue weighted by Crippen LogP contribution is 2.25. The minimum atomic E-state index is -1.06. The van der Waals surface area contributed by atoms with Crippen LogP contribution in [0.1, 0.15) is 35.2 Å². The molecule has 0 aliphatic carbocycles. The minimum Gasteiger partial charge on any atom is -0.389 e. The summed E-state index contributed by atoms with van der Waals surface area (Å²) in [5.41, 5.74) is 0.511. The van der Waals surface area contributed by atoms with Crippen LogP contribution in [-0.4, -0.2) is 33.0 Å². The van der Waals surface area contributed by atoms with E-state index in [1.807, 2.05) is 0 Å². The summed E-state index contributed by atoms with van der Waals surface area (Å²) in [6, 6.07) is 1.57. The number of ketones is 1. The molecule has 1 rings (SSSR count). The summed E-state index contributed by atoms with van der Waals surface area (Å²) < 4.78 is 0. The first-order chi connectivity index (χ1) is 7.91. The molecule has 94 valence electrons. The van der Waals surface area contributed by atoms with Crippen LogP contribution in [0.5, 0.6) is 0 Å². The number of rotatable bonds is 5. The van der Waals surface area contributed by atoms with Crippen LogP contribution in [0.25, 0.3) is 0 Å². The highest BCUT2D eigenvalue weighted by molar-refractivity contribution is 8.13. The Bertz CT molecular complexity index is 413. The van der Waals surface area contributed by atoms with E-state index in [2.05, 4.69) is 0 Å². The van der Waals surface area contributed by atoms with Crippen LogP contribution in [-0.2, 0) is 4.79 Å². The van der Waals surface area contributed by atoms with Gasteiger partial charge in [0, 0.05) is 12.7 Å². The lowest BCUT2D eigenvalue weighted by Crippen LogP contribution is -2.20. The normalized spacial score (nSPS) is 14.4. The summed E-state index contributed by atoms with van der Waals surface area (Å²) in [6.07, 6.45) is -2.08. The predicted octanol–water partition coefficient (Wildman–Crippen LogP) is 1.62.